The van der Waals surface area contributed by atoms with Crippen molar-refractivity contribution < 1.29 is 17.9 Å². The van der Waals surface area contributed by atoms with Gasteiger partial charge in [0.05, 0.1) is 12.5 Å². The first-order chi connectivity index (χ1) is 18.7. The highest BCUT2D eigenvalue weighted by Gasteiger charge is 2.48. The van der Waals surface area contributed by atoms with Crippen molar-refractivity contribution in [2.75, 3.05) is 12.8 Å². The Bertz CT molecular complexity index is 1450. The van der Waals surface area contributed by atoms with Crippen LogP contribution in [0.3, 0.4) is 0 Å². The second-order valence-corrected chi connectivity index (χ2v) is 9.76. The minimum atomic E-state index is -2.55. The van der Waals surface area contributed by atoms with Crippen molar-refractivity contribution in [3.8, 4) is 5.75 Å². The Balaban J connectivity index is 0.000000662. The third-order valence-corrected chi connectivity index (χ3v) is 7.05. The van der Waals surface area contributed by atoms with E-state index in [9.17, 15) is 13.2 Å². The first kappa shape index (κ1) is 28.4. The maximum Gasteiger partial charge on any atom is 0.249 e. The monoisotopic (exact) mass is 543 g/mol. The van der Waals surface area contributed by atoms with Crippen LogP contribution in [-0.4, -0.2) is 42.2 Å². The SMILES string of the molecule is C=CC.CC.COc1cc(F)cc2c1nc(N)n1nc(CCC3CCn4c(cnc4C4CC(F)(F)C4)C3)nc21. The second-order valence-electron chi connectivity index (χ2n) is 9.76. The predicted molar refractivity (Wildman–Crippen MR) is 146 cm³/mol. The molecule has 0 spiro atoms. The maximum atomic E-state index is 14.1. The van der Waals surface area contributed by atoms with E-state index >= 15 is 0 Å². The zero-order valence-corrected chi connectivity index (χ0v) is 22.9. The Morgan fingerprint density at radius 1 is 1.23 bits per heavy atom. The molecule has 2 aliphatic rings. The van der Waals surface area contributed by atoms with Crippen LogP contribution >= 0.6 is 0 Å². The number of alkyl halides is 2. The molecule has 1 aliphatic heterocycles. The van der Waals surface area contributed by atoms with Gasteiger partial charge in [-0.1, -0.05) is 19.9 Å². The van der Waals surface area contributed by atoms with Crippen LogP contribution in [0.5, 0.6) is 5.75 Å². The molecule has 2 N–H and O–H groups in total. The van der Waals surface area contributed by atoms with Gasteiger partial charge in [-0.25, -0.2) is 28.1 Å². The predicted octanol–water partition coefficient (Wildman–Crippen LogP) is 6.13. The lowest BCUT2D eigenvalue weighted by atomic mass is 9.80. The molecular weight excluding hydrogens is 507 g/mol. The van der Waals surface area contributed by atoms with Crippen LogP contribution in [0.4, 0.5) is 19.1 Å². The Morgan fingerprint density at radius 3 is 2.62 bits per heavy atom. The largest absolute Gasteiger partial charge is 0.494 e. The Morgan fingerprint density at radius 2 is 1.95 bits per heavy atom. The van der Waals surface area contributed by atoms with Crippen molar-refractivity contribution in [3.05, 3.63) is 54.1 Å². The van der Waals surface area contributed by atoms with Gasteiger partial charge in [-0.2, -0.15) is 4.52 Å². The van der Waals surface area contributed by atoms with Gasteiger partial charge in [0, 0.05) is 49.7 Å². The Kier molecular flexibility index (Phi) is 8.46. The molecule has 6 rings (SSSR count). The lowest BCUT2D eigenvalue weighted by Gasteiger charge is -2.35. The summed E-state index contributed by atoms with van der Waals surface area (Å²) in [7, 11) is 1.45. The number of methoxy groups -OCH3 is 1. The van der Waals surface area contributed by atoms with Gasteiger partial charge in [0.1, 0.15) is 22.9 Å². The fourth-order valence-corrected chi connectivity index (χ4v) is 5.28. The number of aromatic nitrogens is 6. The van der Waals surface area contributed by atoms with Crippen molar-refractivity contribution in [2.45, 2.75) is 77.7 Å². The number of aryl methyl sites for hydroxylation is 1. The quantitative estimate of drug-likeness (QED) is 0.304. The third-order valence-electron chi connectivity index (χ3n) is 7.05. The van der Waals surface area contributed by atoms with Gasteiger partial charge in [-0.05, 0) is 38.2 Å². The fourth-order valence-electron chi connectivity index (χ4n) is 5.28. The number of rotatable bonds is 5. The number of fused-ring (bicyclic) bond motifs is 4. The zero-order valence-electron chi connectivity index (χ0n) is 22.9. The van der Waals surface area contributed by atoms with E-state index in [1.165, 1.54) is 23.8 Å². The number of nitrogens with zero attached hydrogens (tertiary/aromatic N) is 6. The van der Waals surface area contributed by atoms with E-state index in [0.29, 0.717) is 34.7 Å². The molecule has 4 heterocycles. The number of allylic oxidation sites excluding steroid dienone is 1. The van der Waals surface area contributed by atoms with Crippen LogP contribution in [0, 0.1) is 11.7 Å². The first-order valence-electron chi connectivity index (χ1n) is 13.4. The molecule has 1 unspecified atom stereocenters. The second kappa shape index (κ2) is 11.6. The van der Waals surface area contributed by atoms with Crippen molar-refractivity contribution in [3.63, 3.8) is 0 Å². The fraction of sp³-hybridized carbons (Fsp3) is 0.500. The number of hydrogen-bond acceptors (Lipinski definition) is 6. The molecule has 210 valence electrons. The van der Waals surface area contributed by atoms with E-state index < -0.39 is 11.7 Å². The average molecular weight is 544 g/mol. The number of hydrogen-bond donors (Lipinski definition) is 1. The zero-order chi connectivity index (χ0) is 28.3. The number of benzene rings is 1. The van der Waals surface area contributed by atoms with Crippen LogP contribution in [0.25, 0.3) is 16.6 Å². The summed E-state index contributed by atoms with van der Waals surface area (Å²) >= 11 is 0. The molecule has 3 aromatic heterocycles. The van der Waals surface area contributed by atoms with E-state index in [1.54, 1.807) is 6.08 Å². The highest BCUT2D eigenvalue weighted by atomic mass is 19.3. The molecule has 1 aliphatic carbocycles. The van der Waals surface area contributed by atoms with Crippen LogP contribution in [0.2, 0.25) is 0 Å². The van der Waals surface area contributed by atoms with E-state index in [2.05, 4.69) is 31.2 Å². The van der Waals surface area contributed by atoms with Gasteiger partial charge in [0.25, 0.3) is 0 Å². The third kappa shape index (κ3) is 5.72. The molecule has 39 heavy (non-hydrogen) atoms. The number of nitrogens with two attached hydrogens (primary N) is 1. The average Bonchev–Trinajstić information content (AvgIpc) is 3.52. The summed E-state index contributed by atoms with van der Waals surface area (Å²) in [5.41, 5.74) is 8.08. The molecule has 1 atom stereocenters. The van der Waals surface area contributed by atoms with Crippen molar-refractivity contribution in [1.82, 2.24) is 29.1 Å². The number of imidazole rings is 1. The number of halogens is 3. The summed E-state index contributed by atoms with van der Waals surface area (Å²) in [6.07, 6.45) is 6.67. The smallest absolute Gasteiger partial charge is 0.249 e. The van der Waals surface area contributed by atoms with Crippen LogP contribution in [0.1, 0.15) is 69.7 Å². The molecule has 11 heteroatoms. The number of anilines is 1. The molecule has 0 saturated heterocycles. The normalized spacial score (nSPS) is 17.9. The Labute approximate surface area is 226 Å². The number of ether oxygens (including phenoxy) is 1. The van der Waals surface area contributed by atoms with Gasteiger partial charge in [0.15, 0.2) is 11.5 Å². The van der Waals surface area contributed by atoms with Gasteiger partial charge >= 0.3 is 0 Å². The molecule has 0 bridgehead atoms. The van der Waals surface area contributed by atoms with Gasteiger partial charge < -0.3 is 15.0 Å². The summed E-state index contributed by atoms with van der Waals surface area (Å²) in [6, 6.07) is 2.62. The summed E-state index contributed by atoms with van der Waals surface area (Å²) in [5.74, 6) is -0.863. The minimum absolute atomic E-state index is 0.102. The summed E-state index contributed by atoms with van der Waals surface area (Å²) < 4.78 is 49.5. The van der Waals surface area contributed by atoms with E-state index in [0.717, 1.165) is 37.3 Å². The van der Waals surface area contributed by atoms with Crippen LogP contribution in [0.15, 0.2) is 31.0 Å². The van der Waals surface area contributed by atoms with Crippen molar-refractivity contribution >= 4 is 22.5 Å². The summed E-state index contributed by atoms with van der Waals surface area (Å²) in [6.45, 7) is 10.0. The molecule has 0 amide bonds. The molecule has 4 aromatic rings. The van der Waals surface area contributed by atoms with Gasteiger partial charge in [-0.15, -0.1) is 11.7 Å². The van der Waals surface area contributed by atoms with Gasteiger partial charge in [-0.3, -0.25) is 0 Å². The summed E-state index contributed by atoms with van der Waals surface area (Å²) in [4.78, 5) is 13.4. The highest BCUT2D eigenvalue weighted by Crippen LogP contribution is 2.48. The molecule has 1 saturated carbocycles. The van der Waals surface area contributed by atoms with Crippen molar-refractivity contribution in [2.24, 2.45) is 5.92 Å². The highest BCUT2D eigenvalue weighted by molar-refractivity contribution is 5.95. The van der Waals surface area contributed by atoms with Crippen LogP contribution < -0.4 is 10.5 Å². The number of nitrogen functional groups attached to an aromatic ring is 1. The van der Waals surface area contributed by atoms with Crippen LogP contribution in [-0.2, 0) is 19.4 Å². The van der Waals surface area contributed by atoms with E-state index in [-0.39, 0.29) is 30.5 Å². The molecule has 0 radical (unpaired) electrons. The molecule has 1 fully saturated rings. The topological polar surface area (TPSA) is 96.2 Å². The minimum Gasteiger partial charge on any atom is -0.494 e. The maximum absolute atomic E-state index is 14.1. The van der Waals surface area contributed by atoms with E-state index in [4.69, 9.17) is 10.5 Å². The molecular formula is C28H36F3N7O. The lowest BCUT2D eigenvalue weighted by molar-refractivity contribution is -0.0892. The molecule has 8 nitrogen and oxygen atoms in total. The van der Waals surface area contributed by atoms with Gasteiger partial charge in [0.2, 0.25) is 11.9 Å². The standard InChI is InChI=1S/C23H24F3N7O.C3H6.C2H6/c1-34-17-8-14(24)7-16-19(17)30-22(27)33-21(16)29-18(31-33)3-2-12-4-5-32-15(6-12)11-28-20(32)13-9-23(25,26)10-13;1-3-2;1-2/h7-8,11-13H,2-6,9-10H2,1H3,(H2,27,30);3H,1H2,2H3;1-2H3. The Hall–Kier alpha value is -3.63. The van der Waals surface area contributed by atoms with E-state index in [1.807, 2.05) is 27.0 Å². The molecule has 1 aromatic carbocycles. The van der Waals surface area contributed by atoms with Crippen molar-refractivity contribution in [1.29, 1.82) is 0 Å². The lowest BCUT2D eigenvalue weighted by Crippen LogP contribution is -2.36. The first-order valence-corrected chi connectivity index (χ1v) is 13.4. The summed E-state index contributed by atoms with van der Waals surface area (Å²) in [5, 5.41) is 4.99.